The van der Waals surface area contributed by atoms with Gasteiger partial charge in [-0.2, -0.15) is 0 Å². The van der Waals surface area contributed by atoms with Gasteiger partial charge in [0.05, 0.1) is 12.2 Å². The van der Waals surface area contributed by atoms with Crippen molar-refractivity contribution in [3.05, 3.63) is 83.4 Å². The van der Waals surface area contributed by atoms with E-state index in [9.17, 15) is 4.79 Å². The van der Waals surface area contributed by atoms with Crippen molar-refractivity contribution in [1.82, 2.24) is 0 Å². The summed E-state index contributed by atoms with van der Waals surface area (Å²) in [6.07, 6.45) is 0.833. The molecule has 0 N–H and O–H groups in total. The van der Waals surface area contributed by atoms with Gasteiger partial charge in [0.2, 0.25) is 0 Å². The van der Waals surface area contributed by atoms with Crippen molar-refractivity contribution in [2.75, 3.05) is 6.61 Å². The normalized spacial score (nSPS) is 13.2. The van der Waals surface area contributed by atoms with Crippen LogP contribution >= 0.6 is 0 Å². The topological polar surface area (TPSA) is 35.5 Å². The van der Waals surface area contributed by atoms with Crippen LogP contribution in [0, 0.1) is 0 Å². The summed E-state index contributed by atoms with van der Waals surface area (Å²) in [5.74, 6) is 0.101. The van der Waals surface area contributed by atoms with E-state index in [-0.39, 0.29) is 11.5 Å². The van der Waals surface area contributed by atoms with Crippen LogP contribution in [0.2, 0.25) is 0 Å². The Morgan fingerprint density at radius 1 is 0.900 bits per heavy atom. The zero-order valence-electron chi connectivity index (χ0n) is 19.5. The van der Waals surface area contributed by atoms with Crippen LogP contribution in [0.5, 0.6) is 0 Å². The summed E-state index contributed by atoms with van der Waals surface area (Å²) in [7, 11) is 0. The molecule has 1 atom stereocenters. The fourth-order valence-electron chi connectivity index (χ4n) is 3.43. The Labute approximate surface area is 182 Å². The molecule has 3 nitrogen and oxygen atoms in total. The summed E-state index contributed by atoms with van der Waals surface area (Å²) in [6, 6.07) is 17.5. The fraction of sp³-hybridized carbons (Fsp3) is 0.444. The summed E-state index contributed by atoms with van der Waals surface area (Å²) in [4.78, 5) is 11.3. The van der Waals surface area contributed by atoms with Crippen LogP contribution in [0.4, 0.5) is 0 Å². The average molecular weight is 409 g/mol. The van der Waals surface area contributed by atoms with Gasteiger partial charge in [-0.15, -0.1) is 0 Å². The van der Waals surface area contributed by atoms with E-state index in [1.165, 1.54) is 22.8 Å². The Hall–Kier alpha value is -2.39. The summed E-state index contributed by atoms with van der Waals surface area (Å²) >= 11 is 0. The zero-order valence-corrected chi connectivity index (χ0v) is 19.5. The fourth-order valence-corrected chi connectivity index (χ4v) is 3.43. The number of benzene rings is 2. The highest BCUT2D eigenvalue weighted by atomic mass is 16.6. The van der Waals surface area contributed by atoms with Crippen molar-refractivity contribution in [2.45, 2.75) is 71.5 Å². The minimum Gasteiger partial charge on any atom is -0.457 e. The van der Waals surface area contributed by atoms with E-state index < -0.39 is 11.6 Å². The molecular formula is C27H36O3. The summed E-state index contributed by atoms with van der Waals surface area (Å²) in [5.41, 5.74) is 4.42. The first-order chi connectivity index (χ1) is 14.0. The molecule has 1 unspecified atom stereocenters. The molecule has 3 heteroatoms. The summed E-state index contributed by atoms with van der Waals surface area (Å²) in [6.45, 7) is 18.5. The Balaban J connectivity index is 2.12. The second kappa shape index (κ2) is 9.61. The lowest BCUT2D eigenvalue weighted by atomic mass is 9.77. The Morgan fingerprint density at radius 3 is 1.83 bits per heavy atom. The summed E-state index contributed by atoms with van der Waals surface area (Å²) < 4.78 is 11.2. The van der Waals surface area contributed by atoms with E-state index in [0.29, 0.717) is 12.5 Å². The Bertz CT molecular complexity index is 843. The van der Waals surface area contributed by atoms with Gasteiger partial charge < -0.3 is 9.47 Å². The van der Waals surface area contributed by atoms with Crippen LogP contribution in [0.1, 0.15) is 76.6 Å². The molecule has 0 amide bonds. The molecule has 2 rings (SSSR count). The third-order valence-corrected chi connectivity index (χ3v) is 5.76. The van der Waals surface area contributed by atoms with Crippen LogP contribution < -0.4 is 0 Å². The van der Waals surface area contributed by atoms with E-state index >= 15 is 0 Å². The van der Waals surface area contributed by atoms with E-state index in [0.717, 1.165) is 5.56 Å². The molecule has 2 aromatic carbocycles. The van der Waals surface area contributed by atoms with E-state index in [2.05, 4.69) is 82.8 Å². The lowest BCUT2D eigenvalue weighted by molar-refractivity contribution is -0.148. The second-order valence-corrected chi connectivity index (χ2v) is 9.25. The van der Waals surface area contributed by atoms with Crippen LogP contribution in [0.25, 0.3) is 0 Å². The first kappa shape index (κ1) is 23.9. The molecule has 0 aliphatic heterocycles. The predicted molar refractivity (Wildman–Crippen MR) is 124 cm³/mol. The number of carbonyl (C=O) groups excluding carboxylic acids is 1. The quantitative estimate of drug-likeness (QED) is 0.351. The maximum Gasteiger partial charge on any atom is 0.330 e. The van der Waals surface area contributed by atoms with Gasteiger partial charge in [-0.05, 0) is 48.9 Å². The molecule has 0 saturated carbocycles. The number of hydrogen-bond donors (Lipinski definition) is 0. The van der Waals surface area contributed by atoms with E-state index in [1.807, 2.05) is 20.8 Å². The van der Waals surface area contributed by atoms with Gasteiger partial charge in [0.15, 0.2) is 0 Å². The highest BCUT2D eigenvalue weighted by molar-refractivity contribution is 5.81. The van der Waals surface area contributed by atoms with Crippen LogP contribution in [-0.2, 0) is 25.3 Å². The van der Waals surface area contributed by atoms with Crippen LogP contribution in [0.3, 0.4) is 0 Å². The van der Waals surface area contributed by atoms with Gasteiger partial charge in [-0.3, -0.25) is 0 Å². The third-order valence-electron chi connectivity index (χ3n) is 5.76. The Morgan fingerprint density at radius 2 is 1.37 bits per heavy atom. The number of hydrogen-bond acceptors (Lipinski definition) is 3. The van der Waals surface area contributed by atoms with Crippen molar-refractivity contribution < 1.29 is 14.3 Å². The van der Waals surface area contributed by atoms with Crippen LogP contribution in [0.15, 0.2) is 61.2 Å². The molecule has 0 spiro atoms. The zero-order chi connectivity index (χ0) is 22.5. The maximum atomic E-state index is 11.3. The molecule has 0 saturated heterocycles. The average Bonchev–Trinajstić information content (AvgIpc) is 2.72. The van der Waals surface area contributed by atoms with Crippen molar-refractivity contribution >= 4 is 5.97 Å². The molecule has 0 fully saturated rings. The first-order valence-corrected chi connectivity index (χ1v) is 10.7. The number of ether oxygens (including phenoxy) is 2. The molecule has 0 bridgehead atoms. The maximum absolute atomic E-state index is 11.3. The molecule has 0 aliphatic carbocycles. The largest absolute Gasteiger partial charge is 0.457 e. The van der Waals surface area contributed by atoms with Gasteiger partial charge in [0.25, 0.3) is 0 Å². The van der Waals surface area contributed by atoms with Gasteiger partial charge in [-0.1, -0.05) is 82.8 Å². The van der Waals surface area contributed by atoms with Crippen LogP contribution in [-0.4, -0.2) is 18.7 Å². The second-order valence-electron chi connectivity index (χ2n) is 9.25. The van der Waals surface area contributed by atoms with Crippen molar-refractivity contribution in [3.8, 4) is 0 Å². The smallest absolute Gasteiger partial charge is 0.330 e. The highest BCUT2D eigenvalue weighted by Crippen LogP contribution is 2.34. The predicted octanol–water partition coefficient (Wildman–Crippen LogP) is 6.51. The molecule has 162 valence electrons. The number of carbonyl (C=O) groups is 1. The SMILES string of the molecule is C=CC(=O)OC(C)COC(C)(C)c1ccc(C(C)(C)c2ccc(C(C)C)cc2)cc1. The first-order valence-electron chi connectivity index (χ1n) is 10.7. The molecule has 0 radical (unpaired) electrons. The lowest BCUT2D eigenvalue weighted by Gasteiger charge is -2.30. The number of esters is 1. The molecule has 0 aromatic heterocycles. The standard InChI is InChI=1S/C27H36O3/c1-9-25(28)30-20(4)18-29-27(7,8)24-16-14-23(15-17-24)26(5,6)22-12-10-21(11-13-22)19(2)3/h9-17,19-20H,1,18H2,2-8H3. The van der Waals surface area contributed by atoms with Gasteiger partial charge in [0.1, 0.15) is 6.10 Å². The van der Waals surface area contributed by atoms with Gasteiger partial charge >= 0.3 is 5.97 Å². The minimum absolute atomic E-state index is 0.0908. The molecular weight excluding hydrogens is 372 g/mol. The minimum atomic E-state index is -0.490. The Kier molecular flexibility index (Phi) is 7.65. The van der Waals surface area contributed by atoms with Crippen molar-refractivity contribution in [1.29, 1.82) is 0 Å². The van der Waals surface area contributed by atoms with Gasteiger partial charge in [-0.25, -0.2) is 4.79 Å². The monoisotopic (exact) mass is 408 g/mol. The number of rotatable bonds is 9. The molecule has 0 aliphatic rings. The van der Waals surface area contributed by atoms with Gasteiger partial charge in [0, 0.05) is 11.5 Å². The summed E-state index contributed by atoms with van der Waals surface area (Å²) in [5, 5.41) is 0. The lowest BCUT2D eigenvalue weighted by Crippen LogP contribution is -2.28. The third kappa shape index (κ3) is 5.82. The van der Waals surface area contributed by atoms with E-state index in [4.69, 9.17) is 9.47 Å². The molecule has 0 heterocycles. The van der Waals surface area contributed by atoms with E-state index in [1.54, 1.807) is 0 Å². The van der Waals surface area contributed by atoms with Crippen molar-refractivity contribution in [3.63, 3.8) is 0 Å². The van der Waals surface area contributed by atoms with Crippen molar-refractivity contribution in [2.24, 2.45) is 0 Å². The molecule has 2 aromatic rings. The molecule has 30 heavy (non-hydrogen) atoms. The highest BCUT2D eigenvalue weighted by Gasteiger charge is 2.26.